The fourth-order valence-corrected chi connectivity index (χ4v) is 1.11. The molecular formula is C11H14N2O3. The highest BCUT2D eigenvalue weighted by Crippen LogP contribution is 2.10. The minimum absolute atomic E-state index is 0.272. The molecule has 0 unspecified atom stereocenters. The first kappa shape index (κ1) is 12.0. The average molecular weight is 222 g/mol. The van der Waals surface area contributed by atoms with Gasteiger partial charge in [0.15, 0.2) is 0 Å². The number of benzene rings is 1. The molecule has 0 heterocycles. The molecule has 1 amide bonds. The van der Waals surface area contributed by atoms with Crippen LogP contribution in [0.4, 0.5) is 11.4 Å². The molecule has 1 aromatic carbocycles. The summed E-state index contributed by atoms with van der Waals surface area (Å²) < 4.78 is 4.65. The van der Waals surface area contributed by atoms with Crippen molar-refractivity contribution in [1.82, 2.24) is 0 Å². The van der Waals surface area contributed by atoms with Crippen molar-refractivity contribution in [1.29, 1.82) is 0 Å². The number of nitrogens with one attached hydrogen (secondary N) is 1. The van der Waals surface area contributed by atoms with Crippen molar-refractivity contribution in [2.45, 2.75) is 13.3 Å². The SMILES string of the molecule is CCOC(=O)CC(=O)Nc1ccc(N)cc1. The third-order valence-electron chi connectivity index (χ3n) is 1.80. The fourth-order valence-electron chi connectivity index (χ4n) is 1.11. The number of hydrogen-bond donors (Lipinski definition) is 2. The lowest BCUT2D eigenvalue weighted by Gasteiger charge is -2.05. The number of carbonyl (C=O) groups excluding carboxylic acids is 2. The third-order valence-corrected chi connectivity index (χ3v) is 1.80. The Bertz CT molecular complexity index is 373. The van der Waals surface area contributed by atoms with Crippen LogP contribution in [0.25, 0.3) is 0 Å². The number of nitrogens with two attached hydrogens (primary N) is 1. The Morgan fingerprint density at radius 2 is 1.94 bits per heavy atom. The topological polar surface area (TPSA) is 81.4 Å². The van der Waals surface area contributed by atoms with E-state index < -0.39 is 11.9 Å². The number of carbonyl (C=O) groups is 2. The summed E-state index contributed by atoms with van der Waals surface area (Å²) in [5.74, 6) is -0.932. The van der Waals surface area contributed by atoms with E-state index in [1.54, 1.807) is 31.2 Å². The molecule has 1 aromatic rings. The predicted molar refractivity (Wildman–Crippen MR) is 60.7 cm³/mol. The van der Waals surface area contributed by atoms with Gasteiger partial charge in [-0.1, -0.05) is 0 Å². The number of ether oxygens (including phenoxy) is 1. The smallest absolute Gasteiger partial charge is 0.315 e. The molecule has 0 spiro atoms. The molecule has 5 heteroatoms. The van der Waals surface area contributed by atoms with Crippen molar-refractivity contribution >= 4 is 23.3 Å². The first-order chi connectivity index (χ1) is 7.61. The normalized spacial score (nSPS) is 9.56. The number of nitrogen functional groups attached to an aromatic ring is 1. The number of amides is 1. The lowest BCUT2D eigenvalue weighted by molar-refractivity contribution is -0.145. The first-order valence-corrected chi connectivity index (χ1v) is 4.93. The Labute approximate surface area is 93.6 Å². The van der Waals surface area contributed by atoms with Gasteiger partial charge in [-0.2, -0.15) is 0 Å². The monoisotopic (exact) mass is 222 g/mol. The largest absolute Gasteiger partial charge is 0.466 e. The van der Waals surface area contributed by atoms with Crippen molar-refractivity contribution < 1.29 is 14.3 Å². The summed E-state index contributed by atoms with van der Waals surface area (Å²) in [6.07, 6.45) is -0.280. The lowest BCUT2D eigenvalue weighted by Crippen LogP contribution is -2.18. The zero-order valence-corrected chi connectivity index (χ0v) is 9.03. The molecule has 0 saturated carbocycles. The Morgan fingerprint density at radius 1 is 1.31 bits per heavy atom. The van der Waals surface area contributed by atoms with Crippen LogP contribution in [0.2, 0.25) is 0 Å². The summed E-state index contributed by atoms with van der Waals surface area (Å²) in [5.41, 5.74) is 6.71. The minimum atomic E-state index is -0.532. The number of anilines is 2. The van der Waals surface area contributed by atoms with E-state index in [0.717, 1.165) is 0 Å². The van der Waals surface area contributed by atoms with Crippen LogP contribution in [0.1, 0.15) is 13.3 Å². The van der Waals surface area contributed by atoms with Crippen LogP contribution in [-0.2, 0) is 14.3 Å². The second kappa shape index (κ2) is 5.75. The Balaban J connectivity index is 2.45. The maximum atomic E-state index is 11.3. The van der Waals surface area contributed by atoms with Gasteiger partial charge in [-0.15, -0.1) is 0 Å². The van der Waals surface area contributed by atoms with Crippen molar-refractivity contribution in [2.75, 3.05) is 17.7 Å². The Kier molecular flexibility index (Phi) is 4.32. The summed E-state index contributed by atoms with van der Waals surface area (Å²) in [7, 11) is 0. The summed E-state index contributed by atoms with van der Waals surface area (Å²) in [4.78, 5) is 22.3. The van der Waals surface area contributed by atoms with Crippen LogP contribution in [0.3, 0.4) is 0 Å². The molecule has 0 bridgehead atoms. The highest BCUT2D eigenvalue weighted by atomic mass is 16.5. The summed E-state index contributed by atoms with van der Waals surface area (Å²) in [6, 6.07) is 6.66. The van der Waals surface area contributed by atoms with E-state index in [1.807, 2.05) is 0 Å². The van der Waals surface area contributed by atoms with E-state index in [1.165, 1.54) is 0 Å². The molecule has 16 heavy (non-hydrogen) atoms. The van der Waals surface area contributed by atoms with E-state index in [4.69, 9.17) is 5.73 Å². The molecule has 0 aliphatic rings. The van der Waals surface area contributed by atoms with Crippen LogP contribution in [-0.4, -0.2) is 18.5 Å². The maximum Gasteiger partial charge on any atom is 0.315 e. The molecule has 0 aliphatic heterocycles. The molecule has 5 nitrogen and oxygen atoms in total. The molecule has 0 aromatic heterocycles. The van der Waals surface area contributed by atoms with E-state index >= 15 is 0 Å². The van der Waals surface area contributed by atoms with Crippen LogP contribution in [0.5, 0.6) is 0 Å². The van der Waals surface area contributed by atoms with Crippen molar-refractivity contribution in [3.63, 3.8) is 0 Å². The molecule has 1 rings (SSSR count). The van der Waals surface area contributed by atoms with Crippen molar-refractivity contribution in [2.24, 2.45) is 0 Å². The Hall–Kier alpha value is -2.04. The molecule has 0 aliphatic carbocycles. The standard InChI is InChI=1S/C11H14N2O3/c1-2-16-11(15)7-10(14)13-9-5-3-8(12)4-6-9/h3-6H,2,7,12H2,1H3,(H,13,14). The third kappa shape index (κ3) is 4.00. The zero-order chi connectivity index (χ0) is 12.0. The van der Waals surface area contributed by atoms with Gasteiger partial charge in [0.05, 0.1) is 6.61 Å². The predicted octanol–water partition coefficient (Wildman–Crippen LogP) is 1.16. The van der Waals surface area contributed by atoms with Crippen molar-refractivity contribution in [3.8, 4) is 0 Å². The summed E-state index contributed by atoms with van der Waals surface area (Å²) in [6.45, 7) is 1.96. The van der Waals surface area contributed by atoms with Crippen LogP contribution < -0.4 is 11.1 Å². The highest BCUT2D eigenvalue weighted by Gasteiger charge is 2.09. The molecular weight excluding hydrogens is 208 g/mol. The minimum Gasteiger partial charge on any atom is -0.466 e. The van der Waals surface area contributed by atoms with E-state index in [0.29, 0.717) is 11.4 Å². The van der Waals surface area contributed by atoms with Gasteiger partial charge in [-0.3, -0.25) is 9.59 Å². The zero-order valence-electron chi connectivity index (χ0n) is 9.03. The molecule has 3 N–H and O–H groups in total. The molecule has 0 saturated heterocycles. The highest BCUT2D eigenvalue weighted by molar-refractivity contribution is 6.01. The summed E-state index contributed by atoms with van der Waals surface area (Å²) in [5, 5.41) is 2.56. The molecule has 0 fully saturated rings. The quantitative estimate of drug-likeness (QED) is 0.455. The lowest BCUT2D eigenvalue weighted by atomic mass is 10.3. The Morgan fingerprint density at radius 3 is 2.50 bits per heavy atom. The molecule has 0 radical (unpaired) electrons. The molecule has 0 atom stereocenters. The van der Waals surface area contributed by atoms with E-state index in [-0.39, 0.29) is 13.0 Å². The number of hydrogen-bond acceptors (Lipinski definition) is 4. The van der Waals surface area contributed by atoms with Gasteiger partial charge in [0.1, 0.15) is 6.42 Å². The van der Waals surface area contributed by atoms with E-state index in [2.05, 4.69) is 10.1 Å². The number of esters is 1. The number of rotatable bonds is 4. The van der Waals surface area contributed by atoms with E-state index in [9.17, 15) is 9.59 Å². The van der Waals surface area contributed by atoms with Crippen LogP contribution >= 0.6 is 0 Å². The van der Waals surface area contributed by atoms with Crippen LogP contribution in [0.15, 0.2) is 24.3 Å². The van der Waals surface area contributed by atoms with Gasteiger partial charge < -0.3 is 15.8 Å². The van der Waals surface area contributed by atoms with Gasteiger partial charge in [0.25, 0.3) is 0 Å². The maximum absolute atomic E-state index is 11.3. The van der Waals surface area contributed by atoms with Gasteiger partial charge in [-0.25, -0.2) is 0 Å². The van der Waals surface area contributed by atoms with Crippen LogP contribution in [0, 0.1) is 0 Å². The van der Waals surface area contributed by atoms with Gasteiger partial charge in [0.2, 0.25) is 5.91 Å². The first-order valence-electron chi connectivity index (χ1n) is 4.93. The summed E-state index contributed by atoms with van der Waals surface area (Å²) >= 11 is 0. The van der Waals surface area contributed by atoms with Gasteiger partial charge in [-0.05, 0) is 31.2 Å². The second-order valence-corrected chi connectivity index (χ2v) is 3.15. The van der Waals surface area contributed by atoms with Gasteiger partial charge >= 0.3 is 5.97 Å². The van der Waals surface area contributed by atoms with Gasteiger partial charge in [0, 0.05) is 11.4 Å². The second-order valence-electron chi connectivity index (χ2n) is 3.15. The van der Waals surface area contributed by atoms with Crippen molar-refractivity contribution in [3.05, 3.63) is 24.3 Å². The average Bonchev–Trinajstić information content (AvgIpc) is 2.21. The fraction of sp³-hybridized carbons (Fsp3) is 0.273. The molecule has 86 valence electrons.